The molecule has 0 aromatic carbocycles. The molecular formula is C5H11N. The zero-order valence-electron chi connectivity index (χ0n) is 3.98. The Morgan fingerprint density at radius 1 is 1.50 bits per heavy atom. The molecular weight excluding hydrogens is 74.1 g/mol. The third-order valence-corrected chi connectivity index (χ3v) is 0.167. The summed E-state index contributed by atoms with van der Waals surface area (Å²) in [4.78, 5) is 0. The van der Waals surface area contributed by atoms with E-state index < -0.39 is 0 Å². The van der Waals surface area contributed by atoms with Crippen LogP contribution < -0.4 is 5.73 Å². The Balaban J connectivity index is 0. The molecule has 0 amide bonds. The van der Waals surface area contributed by atoms with Crippen molar-refractivity contribution in [2.45, 2.75) is 0 Å². The SMILES string of the molecule is C=C.C=CCN. The van der Waals surface area contributed by atoms with Gasteiger partial charge in [-0.1, -0.05) is 6.08 Å². The predicted molar refractivity (Wildman–Crippen MR) is 30.5 cm³/mol. The summed E-state index contributed by atoms with van der Waals surface area (Å²) in [6.45, 7) is 9.94. The van der Waals surface area contributed by atoms with Crippen LogP contribution in [-0.2, 0) is 0 Å². The highest BCUT2D eigenvalue weighted by Gasteiger charge is 1.43. The molecule has 0 aromatic heterocycles. The maximum Gasteiger partial charge on any atom is 0.0104 e. The van der Waals surface area contributed by atoms with Gasteiger partial charge in [-0.3, -0.25) is 0 Å². The summed E-state index contributed by atoms with van der Waals surface area (Å²) in [6.07, 6.45) is 1.65. The summed E-state index contributed by atoms with van der Waals surface area (Å²) in [6, 6.07) is 0. The summed E-state index contributed by atoms with van der Waals surface area (Å²) in [5, 5.41) is 0. The predicted octanol–water partition coefficient (Wildman–Crippen LogP) is 0.933. The first-order valence-electron chi connectivity index (χ1n) is 1.72. The molecule has 0 atom stereocenters. The second-order valence-electron chi connectivity index (χ2n) is 0.524. The number of hydrogen-bond acceptors (Lipinski definition) is 1. The van der Waals surface area contributed by atoms with Crippen LogP contribution in [0.5, 0.6) is 0 Å². The number of nitrogens with two attached hydrogens (primary N) is 1. The van der Waals surface area contributed by atoms with Crippen LogP contribution in [0.2, 0.25) is 0 Å². The number of rotatable bonds is 1. The van der Waals surface area contributed by atoms with Gasteiger partial charge in [-0.2, -0.15) is 0 Å². The molecule has 0 aliphatic carbocycles. The molecule has 0 aliphatic heterocycles. The lowest BCUT2D eigenvalue weighted by molar-refractivity contribution is 1.26. The van der Waals surface area contributed by atoms with E-state index in [4.69, 9.17) is 5.73 Å². The highest BCUT2D eigenvalue weighted by atomic mass is 14.5. The van der Waals surface area contributed by atoms with Gasteiger partial charge in [0.1, 0.15) is 0 Å². The summed E-state index contributed by atoms with van der Waals surface area (Å²) < 4.78 is 0. The first-order chi connectivity index (χ1) is 2.91. The molecule has 0 spiro atoms. The maximum atomic E-state index is 4.91. The van der Waals surface area contributed by atoms with Crippen molar-refractivity contribution in [3.05, 3.63) is 25.8 Å². The van der Waals surface area contributed by atoms with Crippen LogP contribution in [-0.4, -0.2) is 6.54 Å². The third kappa shape index (κ3) is 106. The van der Waals surface area contributed by atoms with Crippen molar-refractivity contribution >= 4 is 0 Å². The minimum Gasteiger partial charge on any atom is -0.327 e. The fraction of sp³-hybridized carbons (Fsp3) is 0.200. The monoisotopic (exact) mass is 85.1 g/mol. The van der Waals surface area contributed by atoms with E-state index in [1.54, 1.807) is 6.08 Å². The van der Waals surface area contributed by atoms with Gasteiger partial charge in [0.05, 0.1) is 0 Å². The van der Waals surface area contributed by atoms with Crippen molar-refractivity contribution in [3.8, 4) is 0 Å². The van der Waals surface area contributed by atoms with E-state index in [-0.39, 0.29) is 0 Å². The standard InChI is InChI=1S/C3H7N.C2H4/c1-2-3-4;1-2/h2H,1,3-4H2;1-2H2. The molecule has 0 bridgehead atoms. The van der Waals surface area contributed by atoms with Crippen molar-refractivity contribution < 1.29 is 0 Å². The van der Waals surface area contributed by atoms with Crippen molar-refractivity contribution in [1.29, 1.82) is 0 Å². The fourth-order valence-electron chi connectivity index (χ4n) is 0. The zero-order valence-corrected chi connectivity index (χ0v) is 3.98. The van der Waals surface area contributed by atoms with Gasteiger partial charge in [-0.05, 0) is 0 Å². The summed E-state index contributed by atoms with van der Waals surface area (Å²) in [5.41, 5.74) is 4.91. The molecule has 0 heterocycles. The summed E-state index contributed by atoms with van der Waals surface area (Å²) in [5.74, 6) is 0. The Morgan fingerprint density at radius 3 is 1.67 bits per heavy atom. The molecule has 2 N–H and O–H groups in total. The van der Waals surface area contributed by atoms with E-state index in [2.05, 4.69) is 19.7 Å². The van der Waals surface area contributed by atoms with E-state index in [9.17, 15) is 0 Å². The zero-order chi connectivity index (χ0) is 5.41. The molecule has 0 aliphatic rings. The van der Waals surface area contributed by atoms with Crippen molar-refractivity contribution in [1.82, 2.24) is 0 Å². The van der Waals surface area contributed by atoms with Gasteiger partial charge in [0, 0.05) is 6.54 Å². The Hall–Kier alpha value is -0.560. The second-order valence-corrected chi connectivity index (χ2v) is 0.524. The van der Waals surface area contributed by atoms with Gasteiger partial charge in [0.25, 0.3) is 0 Å². The fourth-order valence-corrected chi connectivity index (χ4v) is 0. The molecule has 0 rings (SSSR count). The molecule has 36 valence electrons. The largest absolute Gasteiger partial charge is 0.327 e. The molecule has 0 aromatic rings. The molecule has 0 radical (unpaired) electrons. The smallest absolute Gasteiger partial charge is 0.0104 e. The summed E-state index contributed by atoms with van der Waals surface area (Å²) >= 11 is 0. The van der Waals surface area contributed by atoms with Crippen molar-refractivity contribution in [3.63, 3.8) is 0 Å². The van der Waals surface area contributed by atoms with E-state index in [1.165, 1.54) is 0 Å². The van der Waals surface area contributed by atoms with E-state index in [1.807, 2.05) is 0 Å². The molecule has 0 saturated carbocycles. The minimum absolute atomic E-state index is 0.583. The topological polar surface area (TPSA) is 26.0 Å². The molecule has 1 nitrogen and oxygen atoms in total. The van der Waals surface area contributed by atoms with Crippen molar-refractivity contribution in [2.24, 2.45) is 5.73 Å². The van der Waals surface area contributed by atoms with E-state index in [0.717, 1.165) is 0 Å². The van der Waals surface area contributed by atoms with Crippen LogP contribution in [0.25, 0.3) is 0 Å². The molecule has 0 saturated heterocycles. The third-order valence-electron chi connectivity index (χ3n) is 0.167. The quantitative estimate of drug-likeness (QED) is 0.471. The summed E-state index contributed by atoms with van der Waals surface area (Å²) in [7, 11) is 0. The molecule has 6 heavy (non-hydrogen) atoms. The maximum absolute atomic E-state index is 4.91. The Labute approximate surface area is 39.2 Å². The average molecular weight is 85.2 g/mol. The van der Waals surface area contributed by atoms with Crippen molar-refractivity contribution in [2.75, 3.05) is 6.54 Å². The lowest BCUT2D eigenvalue weighted by Gasteiger charge is -1.61. The van der Waals surface area contributed by atoms with Gasteiger partial charge in [0.15, 0.2) is 0 Å². The first-order valence-corrected chi connectivity index (χ1v) is 1.72. The van der Waals surface area contributed by atoms with Gasteiger partial charge in [-0.25, -0.2) is 0 Å². The highest BCUT2D eigenvalue weighted by molar-refractivity contribution is 4.64. The Kier molecular flexibility index (Phi) is 38.3. The van der Waals surface area contributed by atoms with Crippen LogP contribution in [0.3, 0.4) is 0 Å². The molecule has 0 fully saturated rings. The van der Waals surface area contributed by atoms with Gasteiger partial charge in [0.2, 0.25) is 0 Å². The van der Waals surface area contributed by atoms with E-state index in [0.29, 0.717) is 6.54 Å². The van der Waals surface area contributed by atoms with E-state index >= 15 is 0 Å². The Bertz CT molecular complexity index is 25.1. The van der Waals surface area contributed by atoms with Gasteiger partial charge >= 0.3 is 0 Å². The van der Waals surface area contributed by atoms with Gasteiger partial charge < -0.3 is 5.73 Å². The lowest BCUT2D eigenvalue weighted by Crippen LogP contribution is -1.90. The van der Waals surface area contributed by atoms with Crippen LogP contribution in [0.1, 0.15) is 0 Å². The normalized spacial score (nSPS) is 4.83. The average Bonchev–Trinajstić information content (AvgIpc) is 1.72. The first kappa shape index (κ1) is 9.06. The van der Waals surface area contributed by atoms with Crippen LogP contribution >= 0.6 is 0 Å². The Morgan fingerprint density at radius 2 is 1.67 bits per heavy atom. The van der Waals surface area contributed by atoms with Gasteiger partial charge in [-0.15, -0.1) is 19.7 Å². The lowest BCUT2D eigenvalue weighted by atomic mass is 10.7. The van der Waals surface area contributed by atoms with Crippen LogP contribution in [0, 0.1) is 0 Å². The molecule has 0 unspecified atom stereocenters. The second kappa shape index (κ2) is 25.3. The highest BCUT2D eigenvalue weighted by Crippen LogP contribution is 1.40. The van der Waals surface area contributed by atoms with Crippen LogP contribution in [0.4, 0.5) is 0 Å². The number of hydrogen-bond donors (Lipinski definition) is 1. The molecule has 1 heteroatoms. The minimum atomic E-state index is 0.583. The van der Waals surface area contributed by atoms with Crippen LogP contribution in [0.15, 0.2) is 25.8 Å².